The normalized spacial score (nSPS) is 10.8. The van der Waals surface area contributed by atoms with Gasteiger partial charge in [-0.05, 0) is 54.8 Å². The van der Waals surface area contributed by atoms with E-state index in [1.165, 1.54) is 6.21 Å². The number of halogens is 2. The van der Waals surface area contributed by atoms with Crippen molar-refractivity contribution < 1.29 is 19.0 Å². The third-order valence-corrected chi connectivity index (χ3v) is 5.48. The van der Waals surface area contributed by atoms with Crippen LogP contribution in [0.2, 0.25) is 10.0 Å². The Kier molecular flexibility index (Phi) is 8.58. The van der Waals surface area contributed by atoms with E-state index >= 15 is 0 Å². The number of ether oxygens (including phenoxy) is 3. The predicted octanol–water partition coefficient (Wildman–Crippen LogP) is 5.73. The number of carbonyl (C=O) groups excluding carboxylic acids is 1. The largest absolute Gasteiger partial charge is 0.493 e. The number of methoxy groups -OCH3 is 1. The summed E-state index contributed by atoms with van der Waals surface area (Å²) < 4.78 is 17.0. The van der Waals surface area contributed by atoms with E-state index in [0.717, 1.165) is 16.7 Å². The van der Waals surface area contributed by atoms with Gasteiger partial charge in [-0.25, -0.2) is 5.43 Å². The molecule has 0 atom stereocenters. The average Bonchev–Trinajstić information content (AvgIpc) is 2.79. The molecule has 172 valence electrons. The number of para-hydroxylation sites is 2. The first-order chi connectivity index (χ1) is 15.9. The van der Waals surface area contributed by atoms with Gasteiger partial charge in [-0.2, -0.15) is 5.10 Å². The first-order valence-corrected chi connectivity index (χ1v) is 10.9. The molecule has 0 bridgehead atoms. The van der Waals surface area contributed by atoms with Crippen molar-refractivity contribution in [2.24, 2.45) is 5.10 Å². The van der Waals surface area contributed by atoms with Crippen molar-refractivity contribution in [1.82, 2.24) is 5.43 Å². The summed E-state index contributed by atoms with van der Waals surface area (Å²) in [6, 6.07) is 16.5. The topological polar surface area (TPSA) is 69.2 Å². The maximum Gasteiger partial charge on any atom is 0.277 e. The highest BCUT2D eigenvalue weighted by Crippen LogP contribution is 2.31. The van der Waals surface area contributed by atoms with Crippen molar-refractivity contribution in [2.75, 3.05) is 13.7 Å². The molecule has 0 aliphatic carbocycles. The monoisotopic (exact) mass is 486 g/mol. The number of benzene rings is 3. The van der Waals surface area contributed by atoms with E-state index in [-0.39, 0.29) is 19.1 Å². The molecule has 0 heterocycles. The smallest absolute Gasteiger partial charge is 0.277 e. The Labute approximate surface area is 203 Å². The van der Waals surface area contributed by atoms with Gasteiger partial charge in [-0.15, -0.1) is 0 Å². The molecule has 0 radical (unpaired) electrons. The van der Waals surface area contributed by atoms with Crippen molar-refractivity contribution in [2.45, 2.75) is 20.5 Å². The van der Waals surface area contributed by atoms with Crippen LogP contribution in [-0.2, 0) is 11.4 Å². The summed E-state index contributed by atoms with van der Waals surface area (Å²) >= 11 is 12.1. The molecule has 3 aromatic rings. The van der Waals surface area contributed by atoms with Crippen LogP contribution in [-0.4, -0.2) is 25.8 Å². The van der Waals surface area contributed by atoms with Crippen LogP contribution in [0.3, 0.4) is 0 Å². The van der Waals surface area contributed by atoms with Gasteiger partial charge >= 0.3 is 0 Å². The van der Waals surface area contributed by atoms with Gasteiger partial charge in [0.2, 0.25) is 0 Å². The molecule has 0 unspecified atom stereocenters. The number of aryl methyl sites for hydroxylation is 2. The van der Waals surface area contributed by atoms with Crippen molar-refractivity contribution in [3.05, 3.63) is 86.9 Å². The van der Waals surface area contributed by atoms with Crippen LogP contribution in [0.5, 0.6) is 17.2 Å². The molecule has 3 aromatic carbocycles. The summed E-state index contributed by atoms with van der Waals surface area (Å²) in [6.07, 6.45) is 1.49. The van der Waals surface area contributed by atoms with Gasteiger partial charge in [0, 0.05) is 5.56 Å². The predicted molar refractivity (Wildman–Crippen MR) is 131 cm³/mol. The minimum atomic E-state index is -0.380. The Balaban J connectivity index is 1.64. The van der Waals surface area contributed by atoms with E-state index in [4.69, 9.17) is 37.4 Å². The highest BCUT2D eigenvalue weighted by Gasteiger charge is 2.11. The van der Waals surface area contributed by atoms with Gasteiger partial charge in [0.15, 0.2) is 18.1 Å². The zero-order valence-corrected chi connectivity index (χ0v) is 20.0. The molecule has 0 aromatic heterocycles. The van der Waals surface area contributed by atoms with E-state index in [2.05, 4.69) is 10.5 Å². The number of nitrogens with one attached hydrogen (secondary N) is 1. The first-order valence-electron chi connectivity index (χ1n) is 10.1. The molecule has 0 saturated heterocycles. The van der Waals surface area contributed by atoms with Gasteiger partial charge in [-0.3, -0.25) is 4.79 Å². The van der Waals surface area contributed by atoms with Gasteiger partial charge in [0.05, 0.1) is 23.4 Å². The second kappa shape index (κ2) is 11.6. The molecule has 0 saturated carbocycles. The van der Waals surface area contributed by atoms with Crippen molar-refractivity contribution in [1.29, 1.82) is 0 Å². The lowest BCUT2D eigenvalue weighted by molar-refractivity contribution is -0.123. The Morgan fingerprint density at radius 1 is 0.970 bits per heavy atom. The van der Waals surface area contributed by atoms with Crippen LogP contribution in [0, 0.1) is 13.8 Å². The number of nitrogens with zero attached hydrogens (tertiary/aromatic N) is 1. The van der Waals surface area contributed by atoms with Gasteiger partial charge in [-0.1, -0.05) is 53.5 Å². The van der Waals surface area contributed by atoms with Crippen LogP contribution in [0.4, 0.5) is 0 Å². The molecule has 1 amide bonds. The SMILES string of the molecule is COc1cccc(/C=N\NC(=O)COc2c(C)cccc2C)c1OCc1ccc(Cl)c(Cl)c1. The summed E-state index contributed by atoms with van der Waals surface area (Å²) in [5.41, 5.74) is 5.87. The van der Waals surface area contributed by atoms with Crippen molar-refractivity contribution >= 4 is 35.3 Å². The minimum absolute atomic E-state index is 0.151. The Morgan fingerprint density at radius 2 is 1.70 bits per heavy atom. The highest BCUT2D eigenvalue weighted by atomic mass is 35.5. The Hall–Kier alpha value is -3.22. The molecule has 8 heteroatoms. The minimum Gasteiger partial charge on any atom is -0.493 e. The fourth-order valence-corrected chi connectivity index (χ4v) is 3.43. The molecular formula is C25H24Cl2N2O4. The molecule has 1 N–H and O–H groups in total. The van der Waals surface area contributed by atoms with E-state index < -0.39 is 0 Å². The lowest BCUT2D eigenvalue weighted by Crippen LogP contribution is -2.25. The standard InChI is InChI=1S/C25H24Cl2N2O4/c1-16-6-4-7-17(2)24(16)33-15-23(30)29-28-13-19-8-5-9-22(31-3)25(19)32-14-18-10-11-20(26)21(27)12-18/h4-13H,14-15H2,1-3H3,(H,29,30)/b28-13-. The first kappa shape index (κ1) is 24.4. The lowest BCUT2D eigenvalue weighted by Gasteiger charge is -2.13. The molecule has 0 aliphatic rings. The van der Waals surface area contributed by atoms with Gasteiger partial charge in [0.1, 0.15) is 12.4 Å². The number of hydrogen-bond acceptors (Lipinski definition) is 5. The summed E-state index contributed by atoms with van der Waals surface area (Å²) in [5.74, 6) is 1.33. The van der Waals surface area contributed by atoms with Crippen molar-refractivity contribution in [3.8, 4) is 17.2 Å². The Bertz CT molecular complexity index is 1140. The zero-order chi connectivity index (χ0) is 23.8. The van der Waals surface area contributed by atoms with Crippen LogP contribution in [0.15, 0.2) is 59.7 Å². The molecule has 33 heavy (non-hydrogen) atoms. The highest BCUT2D eigenvalue weighted by molar-refractivity contribution is 6.42. The lowest BCUT2D eigenvalue weighted by atomic mass is 10.1. The summed E-state index contributed by atoms with van der Waals surface area (Å²) in [4.78, 5) is 12.2. The number of hydrazone groups is 1. The summed E-state index contributed by atoms with van der Waals surface area (Å²) in [6.45, 7) is 3.96. The molecular weight excluding hydrogens is 463 g/mol. The number of amides is 1. The summed E-state index contributed by atoms with van der Waals surface area (Å²) in [5, 5.41) is 4.96. The second-order valence-electron chi connectivity index (χ2n) is 7.22. The van der Waals surface area contributed by atoms with Gasteiger partial charge < -0.3 is 14.2 Å². The maximum atomic E-state index is 12.2. The van der Waals surface area contributed by atoms with Crippen LogP contribution >= 0.6 is 23.2 Å². The fourth-order valence-electron chi connectivity index (χ4n) is 3.11. The summed E-state index contributed by atoms with van der Waals surface area (Å²) in [7, 11) is 1.55. The van der Waals surface area contributed by atoms with Crippen LogP contribution < -0.4 is 19.6 Å². The quantitative estimate of drug-likeness (QED) is 0.309. The molecule has 3 rings (SSSR count). The average molecular weight is 487 g/mol. The van der Waals surface area contributed by atoms with Crippen LogP contribution in [0.25, 0.3) is 0 Å². The van der Waals surface area contributed by atoms with Gasteiger partial charge in [0.25, 0.3) is 5.91 Å². The van der Waals surface area contributed by atoms with E-state index in [1.807, 2.05) is 38.1 Å². The molecule has 6 nitrogen and oxygen atoms in total. The van der Waals surface area contributed by atoms with E-state index in [0.29, 0.717) is 32.9 Å². The van der Waals surface area contributed by atoms with E-state index in [9.17, 15) is 4.79 Å². The third kappa shape index (κ3) is 6.63. The van der Waals surface area contributed by atoms with Crippen LogP contribution in [0.1, 0.15) is 22.3 Å². The zero-order valence-electron chi connectivity index (χ0n) is 18.5. The second-order valence-corrected chi connectivity index (χ2v) is 8.03. The maximum absolute atomic E-state index is 12.2. The number of rotatable bonds is 9. The van der Waals surface area contributed by atoms with Crippen molar-refractivity contribution in [3.63, 3.8) is 0 Å². The Morgan fingerprint density at radius 3 is 2.39 bits per heavy atom. The van der Waals surface area contributed by atoms with E-state index in [1.54, 1.807) is 37.4 Å². The third-order valence-electron chi connectivity index (χ3n) is 4.75. The molecule has 0 fully saturated rings. The number of hydrogen-bond donors (Lipinski definition) is 1. The molecule has 0 aliphatic heterocycles. The molecule has 0 spiro atoms. The fraction of sp³-hybridized carbons (Fsp3) is 0.200. The number of carbonyl (C=O) groups is 1.